The molecule has 2 aromatic rings. The predicted molar refractivity (Wildman–Crippen MR) is 128 cm³/mol. The van der Waals surface area contributed by atoms with Crippen molar-refractivity contribution in [2.75, 3.05) is 34.8 Å². The number of urea groups is 1. The van der Waals surface area contributed by atoms with Crippen LogP contribution >= 0.6 is 11.6 Å². The second-order valence-corrected chi connectivity index (χ2v) is 9.26. The second kappa shape index (κ2) is 9.94. The van der Waals surface area contributed by atoms with E-state index in [-0.39, 0.29) is 19.0 Å². The lowest BCUT2D eigenvalue weighted by atomic mass is 9.90. The maximum atomic E-state index is 13.0. The Morgan fingerprint density at radius 1 is 1.00 bits per heavy atom. The summed E-state index contributed by atoms with van der Waals surface area (Å²) in [5.41, 5.74) is -0.730. The number of carbonyl (C=O) groups excluding carboxylic acids is 2. The van der Waals surface area contributed by atoms with Gasteiger partial charge in [0.05, 0.1) is 0 Å². The van der Waals surface area contributed by atoms with Crippen LogP contribution in [0.3, 0.4) is 0 Å². The molecule has 11 heteroatoms. The largest absolute Gasteiger partial charge is 0.417 e. The first kappa shape index (κ1) is 25.1. The summed E-state index contributed by atoms with van der Waals surface area (Å²) in [5, 5.41) is 15.8. The van der Waals surface area contributed by atoms with Gasteiger partial charge in [-0.3, -0.25) is 4.79 Å². The number of rotatable bonds is 4. The van der Waals surface area contributed by atoms with Crippen molar-refractivity contribution in [3.8, 4) is 0 Å². The molecule has 0 spiro atoms. The summed E-state index contributed by atoms with van der Waals surface area (Å²) in [4.78, 5) is 28.8. The number of alkyl halides is 3. The van der Waals surface area contributed by atoms with Crippen molar-refractivity contribution in [2.24, 2.45) is 0 Å². The van der Waals surface area contributed by atoms with Gasteiger partial charge in [-0.2, -0.15) is 13.2 Å². The molecule has 4 rings (SSSR count). The summed E-state index contributed by atoms with van der Waals surface area (Å²) in [6, 6.07) is 12.4. The van der Waals surface area contributed by atoms with Gasteiger partial charge in [0.25, 0.3) is 0 Å². The molecule has 2 heterocycles. The SMILES string of the molecule is O=C(Nc1ccc(Cl)cc1)N[C@@H]1CCCN(c2ccc(N3CCC(O)(C(F)(F)F)CC3)cc2)C1=O. The maximum Gasteiger partial charge on any atom is 0.417 e. The fraction of sp³-hybridized carbons (Fsp3) is 0.417. The molecule has 3 N–H and O–H groups in total. The summed E-state index contributed by atoms with van der Waals surface area (Å²) in [6.45, 7) is 0.650. The Hall–Kier alpha value is -2.98. The number of carbonyl (C=O) groups is 2. The maximum absolute atomic E-state index is 13.0. The topological polar surface area (TPSA) is 84.9 Å². The monoisotopic (exact) mass is 510 g/mol. The third-order valence-corrected chi connectivity index (χ3v) is 6.74. The van der Waals surface area contributed by atoms with Crippen LogP contribution in [0.15, 0.2) is 48.5 Å². The molecule has 7 nitrogen and oxygen atoms in total. The van der Waals surface area contributed by atoms with Crippen molar-refractivity contribution in [1.29, 1.82) is 0 Å². The van der Waals surface area contributed by atoms with Gasteiger partial charge >= 0.3 is 12.2 Å². The average molecular weight is 511 g/mol. The Bertz CT molecular complexity index is 1060. The van der Waals surface area contributed by atoms with Gasteiger partial charge in [0, 0.05) is 54.6 Å². The number of piperidine rings is 2. The van der Waals surface area contributed by atoms with Crippen LogP contribution in [0, 0.1) is 0 Å². The van der Waals surface area contributed by atoms with Crippen molar-refractivity contribution in [3.05, 3.63) is 53.6 Å². The van der Waals surface area contributed by atoms with Crippen molar-refractivity contribution >= 4 is 40.6 Å². The zero-order chi connectivity index (χ0) is 25.2. The standard InChI is InChI=1S/C24H26ClF3N4O3/c25-16-3-5-17(6-4-16)29-22(34)30-20-2-1-13-32(21(20)33)19-9-7-18(8-10-19)31-14-11-23(35,12-15-31)24(26,27)28/h3-10,20,35H,1-2,11-15H2,(H2,29,30,34)/t20-/m1/s1. The number of halogens is 4. The lowest BCUT2D eigenvalue weighted by Gasteiger charge is -2.40. The van der Waals surface area contributed by atoms with Crippen LogP contribution < -0.4 is 20.4 Å². The van der Waals surface area contributed by atoms with E-state index < -0.39 is 36.7 Å². The van der Waals surface area contributed by atoms with E-state index in [1.807, 2.05) is 0 Å². The molecule has 1 atom stereocenters. The lowest BCUT2D eigenvalue weighted by Crippen LogP contribution is -2.53. The van der Waals surface area contributed by atoms with Crippen molar-refractivity contribution in [3.63, 3.8) is 0 Å². The van der Waals surface area contributed by atoms with Gasteiger partial charge in [-0.15, -0.1) is 0 Å². The predicted octanol–water partition coefficient (Wildman–Crippen LogP) is 4.55. The summed E-state index contributed by atoms with van der Waals surface area (Å²) in [5.74, 6) is -0.233. The van der Waals surface area contributed by atoms with Gasteiger partial charge in [-0.25, -0.2) is 4.79 Å². The fourth-order valence-corrected chi connectivity index (χ4v) is 4.51. The van der Waals surface area contributed by atoms with E-state index in [4.69, 9.17) is 11.6 Å². The van der Waals surface area contributed by atoms with Crippen LogP contribution in [0.4, 0.5) is 35.0 Å². The minimum Gasteiger partial charge on any atom is -0.380 e. The first-order valence-electron chi connectivity index (χ1n) is 11.3. The minimum absolute atomic E-state index is 0.0761. The molecule has 2 fully saturated rings. The number of amides is 3. The van der Waals surface area contributed by atoms with E-state index in [9.17, 15) is 27.9 Å². The quantitative estimate of drug-likeness (QED) is 0.563. The van der Waals surface area contributed by atoms with E-state index in [1.54, 1.807) is 58.3 Å². The molecule has 0 bridgehead atoms. The zero-order valence-electron chi connectivity index (χ0n) is 18.8. The van der Waals surface area contributed by atoms with Crippen LogP contribution in [0.1, 0.15) is 25.7 Å². The number of nitrogens with zero attached hydrogens (tertiary/aromatic N) is 2. The summed E-state index contributed by atoms with van der Waals surface area (Å²) >= 11 is 5.85. The molecule has 0 unspecified atom stereocenters. The van der Waals surface area contributed by atoms with Gasteiger partial charge < -0.3 is 25.5 Å². The molecule has 2 aliphatic rings. The summed E-state index contributed by atoms with van der Waals surface area (Å²) < 4.78 is 39.1. The highest BCUT2D eigenvalue weighted by Gasteiger charge is 2.54. The third-order valence-electron chi connectivity index (χ3n) is 6.49. The zero-order valence-corrected chi connectivity index (χ0v) is 19.6. The van der Waals surface area contributed by atoms with E-state index >= 15 is 0 Å². The molecule has 2 aliphatic heterocycles. The normalized spacial score (nSPS) is 20.5. The number of benzene rings is 2. The molecule has 3 amide bonds. The lowest BCUT2D eigenvalue weighted by molar-refractivity contribution is -0.266. The highest BCUT2D eigenvalue weighted by molar-refractivity contribution is 6.30. The van der Waals surface area contributed by atoms with Crippen LogP contribution in [-0.2, 0) is 4.79 Å². The summed E-state index contributed by atoms with van der Waals surface area (Å²) in [7, 11) is 0. The number of nitrogens with one attached hydrogen (secondary N) is 2. The molecule has 188 valence electrons. The molecule has 0 saturated carbocycles. The average Bonchev–Trinajstić information content (AvgIpc) is 2.82. The number of hydrogen-bond donors (Lipinski definition) is 3. The highest BCUT2D eigenvalue weighted by Crippen LogP contribution is 2.39. The van der Waals surface area contributed by atoms with Crippen molar-refractivity contribution in [1.82, 2.24) is 5.32 Å². The van der Waals surface area contributed by atoms with Crippen LogP contribution in [0.25, 0.3) is 0 Å². The van der Waals surface area contributed by atoms with Gasteiger partial charge in [0.2, 0.25) is 5.91 Å². The fourth-order valence-electron chi connectivity index (χ4n) is 4.39. The first-order valence-corrected chi connectivity index (χ1v) is 11.7. The molecule has 2 saturated heterocycles. The Morgan fingerprint density at radius 3 is 2.20 bits per heavy atom. The Labute approximate surface area is 205 Å². The van der Waals surface area contributed by atoms with E-state index in [2.05, 4.69) is 10.6 Å². The van der Waals surface area contributed by atoms with Crippen LogP contribution in [-0.4, -0.2) is 54.5 Å². The smallest absolute Gasteiger partial charge is 0.380 e. The molecular weight excluding hydrogens is 485 g/mol. The van der Waals surface area contributed by atoms with E-state index in [1.165, 1.54) is 0 Å². The third kappa shape index (κ3) is 5.65. The Kier molecular flexibility index (Phi) is 7.14. The second-order valence-electron chi connectivity index (χ2n) is 8.82. The number of aliphatic hydroxyl groups is 1. The molecule has 0 aliphatic carbocycles. The Morgan fingerprint density at radius 2 is 1.60 bits per heavy atom. The van der Waals surface area contributed by atoms with Crippen LogP contribution in [0.2, 0.25) is 5.02 Å². The van der Waals surface area contributed by atoms with Crippen molar-refractivity contribution in [2.45, 2.75) is 43.5 Å². The first-order chi connectivity index (χ1) is 16.6. The highest BCUT2D eigenvalue weighted by atomic mass is 35.5. The number of anilines is 3. The molecule has 35 heavy (non-hydrogen) atoms. The minimum atomic E-state index is -4.64. The molecule has 0 aromatic heterocycles. The Balaban J connectivity index is 1.35. The molecule has 0 radical (unpaired) electrons. The molecular formula is C24H26ClF3N4O3. The van der Waals surface area contributed by atoms with E-state index in [0.29, 0.717) is 35.8 Å². The van der Waals surface area contributed by atoms with Crippen LogP contribution in [0.5, 0.6) is 0 Å². The van der Waals surface area contributed by atoms with Gasteiger partial charge in [-0.05, 0) is 61.4 Å². The summed E-state index contributed by atoms with van der Waals surface area (Å²) in [6.07, 6.45) is -4.23. The van der Waals surface area contributed by atoms with Gasteiger partial charge in [0.1, 0.15) is 6.04 Å². The number of hydrogen-bond acceptors (Lipinski definition) is 4. The van der Waals surface area contributed by atoms with Crippen molar-refractivity contribution < 1.29 is 27.9 Å². The van der Waals surface area contributed by atoms with Gasteiger partial charge in [-0.1, -0.05) is 11.6 Å². The van der Waals surface area contributed by atoms with Gasteiger partial charge in [0.15, 0.2) is 5.60 Å². The molecule has 2 aromatic carbocycles. The van der Waals surface area contributed by atoms with E-state index in [0.717, 1.165) is 5.69 Å².